The zero-order chi connectivity index (χ0) is 12.1. The zero-order valence-corrected chi connectivity index (χ0v) is 10.8. The summed E-state index contributed by atoms with van der Waals surface area (Å²) < 4.78 is 5.31. The molecule has 98 valence electrons. The highest BCUT2D eigenvalue weighted by atomic mass is 16.5. The quantitative estimate of drug-likeness (QED) is 0.800. The first-order valence-corrected chi connectivity index (χ1v) is 6.91. The summed E-state index contributed by atoms with van der Waals surface area (Å²) in [5, 5.41) is 3.47. The molecule has 0 aliphatic carbocycles. The van der Waals surface area contributed by atoms with Crippen molar-refractivity contribution in [1.82, 2.24) is 10.2 Å². The lowest BCUT2D eigenvalue weighted by Gasteiger charge is -2.35. The Balaban J connectivity index is 1.77. The molecule has 2 aliphatic heterocycles. The van der Waals surface area contributed by atoms with E-state index in [1.807, 2.05) is 0 Å². The molecule has 4 heteroatoms. The molecule has 0 aromatic carbocycles. The minimum Gasteiger partial charge on any atom is -0.381 e. The highest BCUT2D eigenvalue weighted by Crippen LogP contribution is 2.20. The van der Waals surface area contributed by atoms with Crippen LogP contribution in [-0.2, 0) is 9.53 Å². The van der Waals surface area contributed by atoms with Gasteiger partial charge in [-0.15, -0.1) is 0 Å². The predicted octanol–water partition coefficient (Wildman–Crippen LogP) is 1.01. The van der Waals surface area contributed by atoms with Crippen molar-refractivity contribution in [3.8, 4) is 0 Å². The lowest BCUT2D eigenvalue weighted by atomic mass is 9.96. The average molecular weight is 240 g/mol. The minimum absolute atomic E-state index is 0.222. The Hall–Kier alpha value is -0.610. The van der Waals surface area contributed by atoms with Crippen molar-refractivity contribution in [2.24, 2.45) is 5.92 Å². The van der Waals surface area contributed by atoms with E-state index in [0.29, 0.717) is 11.9 Å². The third-order valence-corrected chi connectivity index (χ3v) is 3.87. The summed E-state index contributed by atoms with van der Waals surface area (Å²) in [5.74, 6) is 0.586. The number of nitrogens with one attached hydrogen (secondary N) is 1. The fraction of sp³-hybridized carbons (Fsp3) is 0.923. The first-order chi connectivity index (χ1) is 8.31. The van der Waals surface area contributed by atoms with Gasteiger partial charge in [0.15, 0.2) is 0 Å². The second-order valence-electron chi connectivity index (χ2n) is 5.04. The van der Waals surface area contributed by atoms with Gasteiger partial charge in [-0.25, -0.2) is 0 Å². The van der Waals surface area contributed by atoms with Crippen LogP contribution in [0.2, 0.25) is 0 Å². The van der Waals surface area contributed by atoms with E-state index in [1.54, 1.807) is 0 Å². The molecule has 0 atom stereocenters. The van der Waals surface area contributed by atoms with Crippen molar-refractivity contribution < 1.29 is 9.53 Å². The summed E-state index contributed by atoms with van der Waals surface area (Å²) in [6.07, 6.45) is 4.02. The molecule has 17 heavy (non-hydrogen) atoms. The van der Waals surface area contributed by atoms with Crippen LogP contribution in [0, 0.1) is 5.92 Å². The molecule has 0 spiro atoms. The number of hydrogen-bond donors (Lipinski definition) is 1. The number of amides is 1. The number of carbonyl (C=O) groups is 1. The second kappa shape index (κ2) is 6.36. The van der Waals surface area contributed by atoms with Crippen LogP contribution < -0.4 is 5.32 Å². The molecule has 0 aromatic rings. The van der Waals surface area contributed by atoms with Crippen LogP contribution in [0.15, 0.2) is 0 Å². The zero-order valence-electron chi connectivity index (χ0n) is 10.8. The summed E-state index contributed by atoms with van der Waals surface area (Å²) in [5.41, 5.74) is 0. The first-order valence-electron chi connectivity index (χ1n) is 6.91. The fourth-order valence-corrected chi connectivity index (χ4v) is 2.80. The molecule has 0 saturated carbocycles. The van der Waals surface area contributed by atoms with Gasteiger partial charge in [0.2, 0.25) is 5.91 Å². The van der Waals surface area contributed by atoms with Crippen molar-refractivity contribution in [3.05, 3.63) is 0 Å². The number of likely N-dealkylation sites (tertiary alicyclic amines) is 1. The maximum atomic E-state index is 12.3. The van der Waals surface area contributed by atoms with Gasteiger partial charge >= 0.3 is 0 Å². The van der Waals surface area contributed by atoms with Crippen molar-refractivity contribution >= 4 is 5.91 Å². The van der Waals surface area contributed by atoms with Gasteiger partial charge in [-0.3, -0.25) is 4.79 Å². The number of rotatable bonds is 3. The van der Waals surface area contributed by atoms with Crippen LogP contribution in [0.5, 0.6) is 0 Å². The third kappa shape index (κ3) is 3.42. The van der Waals surface area contributed by atoms with Crippen molar-refractivity contribution in [3.63, 3.8) is 0 Å². The van der Waals surface area contributed by atoms with E-state index in [0.717, 1.165) is 58.5 Å². The number of piperidine rings is 1. The van der Waals surface area contributed by atoms with Crippen molar-refractivity contribution in [1.29, 1.82) is 0 Å². The Morgan fingerprint density at radius 3 is 2.47 bits per heavy atom. The molecule has 0 radical (unpaired) electrons. The highest BCUT2D eigenvalue weighted by molar-refractivity contribution is 5.79. The second-order valence-corrected chi connectivity index (χ2v) is 5.04. The van der Waals surface area contributed by atoms with Crippen LogP contribution in [0.1, 0.15) is 32.6 Å². The van der Waals surface area contributed by atoms with Crippen molar-refractivity contribution in [2.45, 2.75) is 38.6 Å². The third-order valence-electron chi connectivity index (χ3n) is 3.87. The van der Waals surface area contributed by atoms with Gasteiger partial charge < -0.3 is 15.0 Å². The molecule has 0 aromatic heterocycles. The van der Waals surface area contributed by atoms with E-state index < -0.39 is 0 Å². The van der Waals surface area contributed by atoms with Crippen LogP contribution >= 0.6 is 0 Å². The highest BCUT2D eigenvalue weighted by Gasteiger charge is 2.28. The Labute approximate surface area is 104 Å². The largest absolute Gasteiger partial charge is 0.381 e. The summed E-state index contributed by atoms with van der Waals surface area (Å²) in [7, 11) is 0. The molecule has 1 N–H and O–H groups in total. The van der Waals surface area contributed by atoms with E-state index in [2.05, 4.69) is 17.1 Å². The van der Waals surface area contributed by atoms with Gasteiger partial charge in [-0.05, 0) is 32.2 Å². The first kappa shape index (κ1) is 12.8. The van der Waals surface area contributed by atoms with Crippen LogP contribution in [-0.4, -0.2) is 49.7 Å². The SMILES string of the molecule is CCNC1CCN(C(=O)C2CCOCC2)CC1. The van der Waals surface area contributed by atoms with Crippen LogP contribution in [0.25, 0.3) is 0 Å². The van der Waals surface area contributed by atoms with E-state index in [9.17, 15) is 4.79 Å². The monoisotopic (exact) mass is 240 g/mol. The van der Waals surface area contributed by atoms with Gasteiger partial charge in [0.1, 0.15) is 0 Å². The Bertz CT molecular complexity index is 244. The van der Waals surface area contributed by atoms with E-state index >= 15 is 0 Å². The Kier molecular flexibility index (Phi) is 4.80. The topological polar surface area (TPSA) is 41.6 Å². The number of hydrogen-bond acceptors (Lipinski definition) is 3. The van der Waals surface area contributed by atoms with E-state index in [4.69, 9.17) is 4.74 Å². The summed E-state index contributed by atoms with van der Waals surface area (Å²) in [6, 6.07) is 0.610. The maximum absolute atomic E-state index is 12.3. The molecule has 4 nitrogen and oxygen atoms in total. The van der Waals surface area contributed by atoms with E-state index in [-0.39, 0.29) is 5.92 Å². The molecule has 2 heterocycles. The maximum Gasteiger partial charge on any atom is 0.225 e. The molecule has 2 rings (SSSR count). The molecule has 2 fully saturated rings. The molecular weight excluding hydrogens is 216 g/mol. The van der Waals surface area contributed by atoms with Gasteiger partial charge in [0.25, 0.3) is 0 Å². The minimum atomic E-state index is 0.222. The van der Waals surface area contributed by atoms with Crippen LogP contribution in [0.4, 0.5) is 0 Å². The normalized spacial score (nSPS) is 23.9. The lowest BCUT2D eigenvalue weighted by Crippen LogP contribution is -2.47. The van der Waals surface area contributed by atoms with Crippen molar-refractivity contribution in [2.75, 3.05) is 32.8 Å². The summed E-state index contributed by atoms with van der Waals surface area (Å²) >= 11 is 0. The Morgan fingerprint density at radius 2 is 1.88 bits per heavy atom. The van der Waals surface area contributed by atoms with Crippen LogP contribution in [0.3, 0.4) is 0 Å². The average Bonchev–Trinajstić information content (AvgIpc) is 2.40. The summed E-state index contributed by atoms with van der Waals surface area (Å²) in [6.45, 7) is 6.52. The summed E-state index contributed by atoms with van der Waals surface area (Å²) in [4.78, 5) is 14.3. The predicted molar refractivity (Wildman–Crippen MR) is 66.8 cm³/mol. The smallest absolute Gasteiger partial charge is 0.225 e. The van der Waals surface area contributed by atoms with E-state index in [1.165, 1.54) is 0 Å². The number of ether oxygens (including phenoxy) is 1. The molecule has 0 bridgehead atoms. The molecule has 2 saturated heterocycles. The molecular formula is C13H24N2O2. The molecule has 2 aliphatic rings. The van der Waals surface area contributed by atoms with Gasteiger partial charge in [-0.1, -0.05) is 6.92 Å². The fourth-order valence-electron chi connectivity index (χ4n) is 2.80. The van der Waals surface area contributed by atoms with Gasteiger partial charge in [0, 0.05) is 38.3 Å². The Morgan fingerprint density at radius 1 is 1.24 bits per heavy atom. The number of nitrogens with zero attached hydrogens (tertiary/aromatic N) is 1. The number of carbonyl (C=O) groups excluding carboxylic acids is 1. The lowest BCUT2D eigenvalue weighted by molar-refractivity contribution is -0.139. The van der Waals surface area contributed by atoms with Gasteiger partial charge in [-0.2, -0.15) is 0 Å². The molecule has 1 amide bonds. The standard InChI is InChI=1S/C13H24N2O2/c1-2-14-12-3-7-15(8-4-12)13(16)11-5-9-17-10-6-11/h11-12,14H,2-10H2,1H3. The van der Waals surface area contributed by atoms with Gasteiger partial charge in [0.05, 0.1) is 0 Å². The molecule has 0 unspecified atom stereocenters.